The van der Waals surface area contributed by atoms with Crippen LogP contribution >= 0.6 is 27.3 Å². The van der Waals surface area contributed by atoms with E-state index in [2.05, 4.69) is 25.6 Å². The van der Waals surface area contributed by atoms with Crippen LogP contribution in [0.1, 0.15) is 16.8 Å². The van der Waals surface area contributed by atoms with E-state index < -0.39 is 20.7 Å². The topological polar surface area (TPSA) is 85.1 Å². The van der Waals surface area contributed by atoms with E-state index in [1.807, 2.05) is 6.92 Å². The third kappa shape index (κ3) is 3.79. The van der Waals surface area contributed by atoms with Crippen molar-refractivity contribution in [2.24, 2.45) is 0 Å². The summed E-state index contributed by atoms with van der Waals surface area (Å²) < 4.78 is 40.7. The van der Waals surface area contributed by atoms with E-state index >= 15 is 0 Å². The Kier molecular flexibility index (Phi) is 4.97. The van der Waals surface area contributed by atoms with Crippen molar-refractivity contribution in [3.8, 4) is 0 Å². The molecule has 0 saturated carbocycles. The number of benzene rings is 1. The average Bonchev–Trinajstić information content (AvgIpc) is 2.88. The molecular formula is C12H13BrFN3O2S2. The molecule has 0 aliphatic rings. The maximum Gasteiger partial charge on any atom is 0.243 e. The Morgan fingerprint density at radius 1 is 1.48 bits per heavy atom. The second-order valence-electron chi connectivity index (χ2n) is 4.20. The maximum absolute atomic E-state index is 13.8. The van der Waals surface area contributed by atoms with Crippen LogP contribution < -0.4 is 10.5 Å². The Morgan fingerprint density at radius 2 is 2.19 bits per heavy atom. The van der Waals surface area contributed by atoms with E-state index in [0.717, 1.165) is 23.4 Å². The van der Waals surface area contributed by atoms with Crippen molar-refractivity contribution in [2.75, 3.05) is 5.73 Å². The maximum atomic E-state index is 13.8. The molecule has 0 radical (unpaired) electrons. The first kappa shape index (κ1) is 16.3. The fourth-order valence-corrected chi connectivity index (χ4v) is 3.87. The van der Waals surface area contributed by atoms with Crippen LogP contribution in [-0.4, -0.2) is 13.4 Å². The molecule has 1 aromatic carbocycles. The van der Waals surface area contributed by atoms with Crippen LogP contribution in [0.3, 0.4) is 0 Å². The van der Waals surface area contributed by atoms with Gasteiger partial charge in [-0.25, -0.2) is 22.5 Å². The van der Waals surface area contributed by atoms with Crippen LogP contribution in [0.2, 0.25) is 0 Å². The van der Waals surface area contributed by atoms with Crippen LogP contribution in [0, 0.1) is 5.82 Å². The number of hydrogen-bond acceptors (Lipinski definition) is 5. The highest BCUT2D eigenvalue weighted by Gasteiger charge is 2.21. The molecule has 1 heterocycles. The molecule has 0 atom stereocenters. The monoisotopic (exact) mass is 393 g/mol. The minimum absolute atomic E-state index is 0.0163. The number of rotatable bonds is 5. The van der Waals surface area contributed by atoms with Crippen molar-refractivity contribution in [1.82, 2.24) is 9.71 Å². The lowest BCUT2D eigenvalue weighted by molar-refractivity contribution is 0.556. The Morgan fingerprint density at radius 3 is 2.81 bits per heavy atom. The minimum Gasteiger partial charge on any atom is -0.398 e. The molecule has 0 fully saturated rings. The van der Waals surface area contributed by atoms with Gasteiger partial charge in [0, 0.05) is 21.2 Å². The highest BCUT2D eigenvalue weighted by Crippen LogP contribution is 2.26. The molecular weight excluding hydrogens is 381 g/mol. The number of nitrogens with two attached hydrogens (primary N) is 1. The van der Waals surface area contributed by atoms with Gasteiger partial charge in [0.1, 0.15) is 15.7 Å². The van der Waals surface area contributed by atoms with Crippen molar-refractivity contribution >= 4 is 43.0 Å². The third-order valence-corrected chi connectivity index (χ3v) is 5.95. The second-order valence-corrected chi connectivity index (χ2v) is 7.99. The molecule has 0 saturated heterocycles. The zero-order valence-electron chi connectivity index (χ0n) is 11.1. The predicted octanol–water partition coefficient (Wildman–Crippen LogP) is 2.67. The molecule has 0 amide bonds. The molecule has 1 aromatic heterocycles. The summed E-state index contributed by atoms with van der Waals surface area (Å²) in [6.07, 6.45) is 2.54. The summed E-state index contributed by atoms with van der Waals surface area (Å²) in [5.74, 6) is -0.864. The first-order valence-corrected chi connectivity index (χ1v) is 9.10. The number of aryl methyl sites for hydroxylation is 1. The zero-order valence-corrected chi connectivity index (χ0v) is 14.3. The summed E-state index contributed by atoms with van der Waals surface area (Å²) in [4.78, 5) is 4.69. The Labute approximate surface area is 134 Å². The summed E-state index contributed by atoms with van der Waals surface area (Å²) in [7, 11) is -3.99. The van der Waals surface area contributed by atoms with Crippen molar-refractivity contribution in [3.63, 3.8) is 0 Å². The number of nitrogens with one attached hydrogen (secondary N) is 1. The number of anilines is 1. The van der Waals surface area contributed by atoms with E-state index in [1.54, 1.807) is 6.20 Å². The molecule has 0 aliphatic carbocycles. The number of sulfonamides is 1. The van der Waals surface area contributed by atoms with Crippen LogP contribution in [0.15, 0.2) is 27.7 Å². The molecule has 21 heavy (non-hydrogen) atoms. The van der Waals surface area contributed by atoms with Gasteiger partial charge in [0.25, 0.3) is 0 Å². The van der Waals surface area contributed by atoms with Gasteiger partial charge in [-0.1, -0.05) is 6.92 Å². The fraction of sp³-hybridized carbons (Fsp3) is 0.250. The SMILES string of the molecule is CCc1cnc(CNS(=O)(=O)c2cc(N)c(Br)cc2F)s1. The molecule has 9 heteroatoms. The van der Waals surface area contributed by atoms with E-state index in [4.69, 9.17) is 5.73 Å². The molecule has 0 unspecified atom stereocenters. The normalized spacial score (nSPS) is 11.8. The van der Waals surface area contributed by atoms with Gasteiger partial charge in [-0.3, -0.25) is 0 Å². The van der Waals surface area contributed by atoms with Crippen molar-refractivity contribution in [2.45, 2.75) is 24.8 Å². The smallest absolute Gasteiger partial charge is 0.243 e. The highest BCUT2D eigenvalue weighted by molar-refractivity contribution is 9.10. The van der Waals surface area contributed by atoms with E-state index in [1.165, 1.54) is 11.3 Å². The number of aromatic nitrogens is 1. The highest BCUT2D eigenvalue weighted by atomic mass is 79.9. The van der Waals surface area contributed by atoms with Crippen molar-refractivity contribution < 1.29 is 12.8 Å². The van der Waals surface area contributed by atoms with Gasteiger partial charge in [-0.2, -0.15) is 0 Å². The predicted molar refractivity (Wildman–Crippen MR) is 84.0 cm³/mol. The van der Waals surface area contributed by atoms with Crippen LogP contribution in [-0.2, 0) is 23.0 Å². The number of nitrogen functional groups attached to an aromatic ring is 1. The lowest BCUT2D eigenvalue weighted by Gasteiger charge is -2.08. The lowest BCUT2D eigenvalue weighted by Crippen LogP contribution is -2.24. The third-order valence-electron chi connectivity index (χ3n) is 2.70. The summed E-state index contributed by atoms with van der Waals surface area (Å²) in [5, 5.41) is 0.626. The van der Waals surface area contributed by atoms with Gasteiger partial charge in [0.15, 0.2) is 0 Å². The molecule has 2 aromatic rings. The van der Waals surface area contributed by atoms with Gasteiger partial charge >= 0.3 is 0 Å². The Balaban J connectivity index is 2.20. The standard InChI is InChI=1S/C12H13BrFN3O2S2/c1-2-7-5-16-12(20-7)6-17-21(18,19)11-4-10(15)8(13)3-9(11)14/h3-5,17H,2,6,15H2,1H3. The molecule has 2 rings (SSSR count). The van der Waals surface area contributed by atoms with Gasteiger partial charge in [0.2, 0.25) is 10.0 Å². The van der Waals surface area contributed by atoms with Gasteiger partial charge in [-0.15, -0.1) is 11.3 Å². The van der Waals surface area contributed by atoms with Crippen molar-refractivity contribution in [3.05, 3.63) is 38.5 Å². The zero-order chi connectivity index (χ0) is 15.6. The van der Waals surface area contributed by atoms with Crippen LogP contribution in [0.25, 0.3) is 0 Å². The summed E-state index contributed by atoms with van der Waals surface area (Å²) in [6, 6.07) is 2.11. The van der Waals surface area contributed by atoms with Crippen molar-refractivity contribution in [1.29, 1.82) is 0 Å². The average molecular weight is 394 g/mol. The summed E-state index contributed by atoms with van der Waals surface area (Å²) in [5.41, 5.74) is 5.75. The fourth-order valence-electron chi connectivity index (χ4n) is 1.58. The molecule has 114 valence electrons. The van der Waals surface area contributed by atoms with E-state index in [9.17, 15) is 12.8 Å². The van der Waals surface area contributed by atoms with Gasteiger partial charge in [-0.05, 0) is 34.5 Å². The first-order valence-electron chi connectivity index (χ1n) is 6.01. The Bertz CT molecular complexity index is 762. The number of nitrogens with zero attached hydrogens (tertiary/aromatic N) is 1. The first-order chi connectivity index (χ1) is 9.83. The number of halogens is 2. The Hall–Kier alpha value is -1.03. The quantitative estimate of drug-likeness (QED) is 0.764. The van der Waals surface area contributed by atoms with E-state index in [-0.39, 0.29) is 12.2 Å². The molecule has 0 aliphatic heterocycles. The number of thiazole rings is 1. The lowest BCUT2D eigenvalue weighted by atomic mass is 10.3. The number of hydrogen-bond donors (Lipinski definition) is 2. The minimum atomic E-state index is -3.99. The molecule has 3 N–H and O–H groups in total. The summed E-state index contributed by atoms with van der Waals surface area (Å²) >= 11 is 4.46. The molecule has 5 nitrogen and oxygen atoms in total. The second kappa shape index (κ2) is 6.39. The van der Waals surface area contributed by atoms with Gasteiger partial charge in [0.05, 0.1) is 6.54 Å². The largest absolute Gasteiger partial charge is 0.398 e. The van der Waals surface area contributed by atoms with Gasteiger partial charge < -0.3 is 5.73 Å². The van der Waals surface area contributed by atoms with E-state index in [0.29, 0.717) is 9.48 Å². The molecule has 0 bridgehead atoms. The van der Waals surface area contributed by atoms with Crippen LogP contribution in [0.5, 0.6) is 0 Å². The molecule has 0 spiro atoms. The van der Waals surface area contributed by atoms with Crippen LogP contribution in [0.4, 0.5) is 10.1 Å². The summed E-state index contributed by atoms with van der Waals surface area (Å²) in [6.45, 7) is 2.00.